The molecule has 2 aliphatic heterocycles. The Morgan fingerprint density at radius 1 is 1.23 bits per heavy atom. The van der Waals surface area contributed by atoms with Gasteiger partial charge in [-0.1, -0.05) is 28.1 Å². The van der Waals surface area contributed by atoms with Crippen LogP contribution in [-0.4, -0.2) is 31.0 Å². The largest absolute Gasteiger partial charge is 0.479 e. The molecule has 5 nitrogen and oxygen atoms in total. The Balaban J connectivity index is 1.50. The molecule has 2 amide bonds. The van der Waals surface area contributed by atoms with Crippen LogP contribution in [0.4, 0.5) is 11.4 Å². The van der Waals surface area contributed by atoms with Crippen molar-refractivity contribution in [3.05, 3.63) is 52.5 Å². The summed E-state index contributed by atoms with van der Waals surface area (Å²) >= 11 is 3.47. The minimum atomic E-state index is -0.537. The van der Waals surface area contributed by atoms with Gasteiger partial charge in [0.05, 0.1) is 5.69 Å². The third-order valence-corrected chi connectivity index (χ3v) is 5.35. The van der Waals surface area contributed by atoms with Gasteiger partial charge in [0.15, 0.2) is 6.10 Å². The predicted octanol–water partition coefficient (Wildman–Crippen LogP) is 3.54. The molecule has 0 saturated heterocycles. The van der Waals surface area contributed by atoms with Crippen molar-refractivity contribution in [2.24, 2.45) is 0 Å². The van der Waals surface area contributed by atoms with Crippen molar-refractivity contribution in [2.45, 2.75) is 25.9 Å². The van der Waals surface area contributed by atoms with Crippen molar-refractivity contribution in [3.63, 3.8) is 0 Å². The maximum absolute atomic E-state index is 12.8. The first-order valence-electron chi connectivity index (χ1n) is 8.70. The summed E-state index contributed by atoms with van der Waals surface area (Å²) in [5, 5.41) is 0. The van der Waals surface area contributed by atoms with Crippen LogP contribution < -0.4 is 14.5 Å². The average molecular weight is 415 g/mol. The molecule has 0 aromatic heterocycles. The van der Waals surface area contributed by atoms with E-state index in [4.69, 9.17) is 4.74 Å². The number of rotatable bonds is 3. The third kappa shape index (κ3) is 2.98. The molecule has 0 aliphatic carbocycles. The summed E-state index contributed by atoms with van der Waals surface area (Å²) < 4.78 is 6.67. The molecule has 1 unspecified atom stereocenters. The number of ether oxygens (including phenoxy) is 1. The number of amides is 2. The molecule has 0 radical (unpaired) electrons. The number of hydrogen-bond donors (Lipinski definition) is 0. The quantitative estimate of drug-likeness (QED) is 0.771. The van der Waals surface area contributed by atoms with Crippen molar-refractivity contribution in [1.29, 1.82) is 0 Å². The van der Waals surface area contributed by atoms with Gasteiger partial charge in [-0.2, -0.15) is 0 Å². The molecule has 2 aromatic rings. The van der Waals surface area contributed by atoms with E-state index in [-0.39, 0.29) is 18.2 Å². The molecule has 2 heterocycles. The SMILES string of the molecule is CC1Oc2ccccc2N(CCC(=O)N2CCc3cc(Br)ccc32)C1=O. The van der Waals surface area contributed by atoms with Crippen LogP contribution in [0.2, 0.25) is 0 Å². The van der Waals surface area contributed by atoms with Crippen molar-refractivity contribution >= 4 is 39.1 Å². The summed E-state index contributed by atoms with van der Waals surface area (Å²) in [6, 6.07) is 13.4. The molecule has 134 valence electrons. The molecule has 6 heteroatoms. The average Bonchev–Trinajstić information content (AvgIpc) is 3.05. The fourth-order valence-electron chi connectivity index (χ4n) is 3.56. The molecule has 0 bridgehead atoms. The number of hydrogen-bond acceptors (Lipinski definition) is 3. The highest BCUT2D eigenvalue weighted by molar-refractivity contribution is 9.10. The number of nitrogens with zero attached hydrogens (tertiary/aromatic N) is 2. The molecule has 2 aliphatic rings. The molecule has 4 rings (SSSR count). The van der Waals surface area contributed by atoms with E-state index < -0.39 is 6.10 Å². The van der Waals surface area contributed by atoms with E-state index in [9.17, 15) is 9.59 Å². The Kier molecular flexibility index (Phi) is 4.44. The number of anilines is 2. The summed E-state index contributed by atoms with van der Waals surface area (Å²) in [5.74, 6) is 0.612. The van der Waals surface area contributed by atoms with Gasteiger partial charge in [-0.3, -0.25) is 9.59 Å². The highest BCUT2D eigenvalue weighted by atomic mass is 79.9. The monoisotopic (exact) mass is 414 g/mol. The Bertz CT molecular complexity index is 883. The van der Waals surface area contributed by atoms with E-state index in [1.807, 2.05) is 41.3 Å². The Morgan fingerprint density at radius 2 is 2.04 bits per heavy atom. The first-order chi connectivity index (χ1) is 12.5. The van der Waals surface area contributed by atoms with Gasteiger partial charge in [-0.25, -0.2) is 0 Å². The lowest BCUT2D eigenvalue weighted by Gasteiger charge is -2.33. The number of para-hydroxylation sites is 2. The van der Waals surface area contributed by atoms with Gasteiger partial charge in [0, 0.05) is 29.7 Å². The van der Waals surface area contributed by atoms with Crippen LogP contribution in [-0.2, 0) is 16.0 Å². The zero-order valence-corrected chi connectivity index (χ0v) is 16.0. The number of carbonyl (C=O) groups excluding carboxylic acids is 2. The van der Waals surface area contributed by atoms with E-state index in [1.165, 1.54) is 5.56 Å². The van der Waals surface area contributed by atoms with Gasteiger partial charge in [0.2, 0.25) is 5.91 Å². The smallest absolute Gasteiger partial charge is 0.267 e. The maximum atomic E-state index is 12.8. The molecule has 26 heavy (non-hydrogen) atoms. The molecular weight excluding hydrogens is 396 g/mol. The van der Waals surface area contributed by atoms with Crippen molar-refractivity contribution < 1.29 is 14.3 Å². The fraction of sp³-hybridized carbons (Fsp3) is 0.300. The van der Waals surface area contributed by atoms with Crippen molar-refractivity contribution in [3.8, 4) is 5.75 Å². The minimum absolute atomic E-state index is 0.0375. The Hall–Kier alpha value is -2.34. The van der Waals surface area contributed by atoms with Gasteiger partial charge in [-0.05, 0) is 49.2 Å². The highest BCUT2D eigenvalue weighted by Gasteiger charge is 2.32. The van der Waals surface area contributed by atoms with E-state index in [0.717, 1.165) is 22.3 Å². The fourth-order valence-corrected chi connectivity index (χ4v) is 3.97. The zero-order valence-electron chi connectivity index (χ0n) is 14.4. The van der Waals surface area contributed by atoms with E-state index in [2.05, 4.69) is 22.0 Å². The lowest BCUT2D eigenvalue weighted by Crippen LogP contribution is -2.46. The summed E-state index contributed by atoms with van der Waals surface area (Å²) in [6.45, 7) is 2.78. The third-order valence-electron chi connectivity index (χ3n) is 4.86. The van der Waals surface area contributed by atoms with E-state index in [1.54, 1.807) is 11.8 Å². The van der Waals surface area contributed by atoms with Crippen LogP contribution in [0.3, 0.4) is 0 Å². The van der Waals surface area contributed by atoms with Gasteiger partial charge in [0.1, 0.15) is 5.75 Å². The van der Waals surface area contributed by atoms with Crippen LogP contribution in [0.5, 0.6) is 5.75 Å². The van der Waals surface area contributed by atoms with E-state index in [0.29, 0.717) is 18.8 Å². The maximum Gasteiger partial charge on any atom is 0.267 e. The number of fused-ring (bicyclic) bond motifs is 2. The lowest BCUT2D eigenvalue weighted by atomic mass is 10.1. The van der Waals surface area contributed by atoms with Crippen LogP contribution in [0.15, 0.2) is 46.9 Å². The standard InChI is InChI=1S/C20H19BrN2O3/c1-13-20(25)23(17-4-2-3-5-18(17)26-13)11-9-19(24)22-10-8-14-12-15(21)6-7-16(14)22/h2-7,12-13H,8-11H2,1H3. The minimum Gasteiger partial charge on any atom is -0.479 e. The second kappa shape index (κ2) is 6.76. The second-order valence-electron chi connectivity index (χ2n) is 6.54. The Morgan fingerprint density at radius 3 is 2.88 bits per heavy atom. The first kappa shape index (κ1) is 17.1. The molecule has 2 aromatic carbocycles. The number of halogens is 1. The first-order valence-corrected chi connectivity index (χ1v) is 9.50. The summed E-state index contributed by atoms with van der Waals surface area (Å²) in [5.41, 5.74) is 2.88. The molecule has 1 atom stereocenters. The zero-order chi connectivity index (χ0) is 18.3. The van der Waals surface area contributed by atoms with Crippen LogP contribution in [0, 0.1) is 0 Å². The van der Waals surface area contributed by atoms with Crippen LogP contribution in [0.1, 0.15) is 18.9 Å². The molecule has 0 saturated carbocycles. The van der Waals surface area contributed by atoms with Crippen LogP contribution in [0.25, 0.3) is 0 Å². The summed E-state index contributed by atoms with van der Waals surface area (Å²) in [4.78, 5) is 28.8. The van der Waals surface area contributed by atoms with Gasteiger partial charge >= 0.3 is 0 Å². The van der Waals surface area contributed by atoms with Gasteiger partial charge in [0.25, 0.3) is 5.91 Å². The molecule has 0 spiro atoms. The lowest BCUT2D eigenvalue weighted by molar-refractivity contribution is -0.125. The second-order valence-corrected chi connectivity index (χ2v) is 7.45. The van der Waals surface area contributed by atoms with E-state index >= 15 is 0 Å². The van der Waals surface area contributed by atoms with Gasteiger partial charge in [-0.15, -0.1) is 0 Å². The van der Waals surface area contributed by atoms with Gasteiger partial charge < -0.3 is 14.5 Å². The number of benzene rings is 2. The molecule has 0 fully saturated rings. The highest BCUT2D eigenvalue weighted by Crippen LogP contribution is 2.34. The van der Waals surface area contributed by atoms with Crippen LogP contribution >= 0.6 is 15.9 Å². The summed E-state index contributed by atoms with van der Waals surface area (Å²) in [7, 11) is 0. The van der Waals surface area contributed by atoms with Crippen molar-refractivity contribution in [2.75, 3.05) is 22.9 Å². The number of carbonyl (C=O) groups is 2. The normalized spacial score (nSPS) is 18.4. The predicted molar refractivity (Wildman–Crippen MR) is 104 cm³/mol. The Labute approximate surface area is 160 Å². The molecular formula is C20H19BrN2O3. The topological polar surface area (TPSA) is 49.9 Å². The molecule has 0 N–H and O–H groups in total. The van der Waals surface area contributed by atoms with Crippen molar-refractivity contribution in [1.82, 2.24) is 0 Å². The summed E-state index contributed by atoms with van der Waals surface area (Å²) in [6.07, 6.45) is 0.601.